The first-order chi connectivity index (χ1) is 11.8. The van der Waals surface area contributed by atoms with Crippen LogP contribution in [0.2, 0.25) is 0 Å². The maximum absolute atomic E-state index is 11.2. The van der Waals surface area contributed by atoms with Crippen molar-refractivity contribution in [2.24, 2.45) is 0 Å². The highest BCUT2D eigenvalue weighted by molar-refractivity contribution is 7.83. The first-order valence-corrected chi connectivity index (χ1v) is 9.17. The van der Waals surface area contributed by atoms with Gasteiger partial charge in [0.05, 0.1) is 17.8 Å². The molecule has 1 fully saturated rings. The van der Waals surface area contributed by atoms with Crippen LogP contribution in [0, 0.1) is 0 Å². The lowest BCUT2D eigenvalue weighted by molar-refractivity contribution is 0.113. The Morgan fingerprint density at radius 3 is 2.60 bits per heavy atom. The number of aliphatic hydroxyl groups excluding tert-OH is 1. The van der Waals surface area contributed by atoms with E-state index in [1.54, 1.807) is 6.07 Å². The molecule has 1 aromatic carbocycles. The van der Waals surface area contributed by atoms with Crippen LogP contribution in [-0.2, 0) is 10.3 Å². The van der Waals surface area contributed by atoms with Crippen molar-refractivity contribution < 1.29 is 22.8 Å². The zero-order valence-corrected chi connectivity index (χ0v) is 14.4. The molecule has 0 unspecified atom stereocenters. The Hall–Kier alpha value is -2.07. The molecular weight excluding hydrogens is 346 g/mol. The van der Waals surface area contributed by atoms with E-state index in [1.807, 2.05) is 30.3 Å². The van der Waals surface area contributed by atoms with Crippen molar-refractivity contribution in [3.05, 3.63) is 42.7 Å². The Kier molecular flexibility index (Phi) is 5.00. The second-order valence-electron chi connectivity index (χ2n) is 5.95. The number of ether oxygens (including phenoxy) is 1. The Morgan fingerprint density at radius 1 is 1.20 bits per heavy atom. The van der Waals surface area contributed by atoms with Gasteiger partial charge in [0.15, 0.2) is 0 Å². The smallest absolute Gasteiger partial charge is 0.335 e. The molecule has 1 saturated carbocycles. The number of likely N-dealkylation sites (N-methyl/N-ethyl adjacent to an activating group) is 1. The summed E-state index contributed by atoms with van der Waals surface area (Å²) in [5.74, 6) is 0.348. The molecule has 1 heterocycles. The van der Waals surface area contributed by atoms with Crippen LogP contribution in [0.15, 0.2) is 42.7 Å². The quantitative estimate of drug-likeness (QED) is 0.764. The topological polar surface area (TPSA) is 113 Å². The summed E-state index contributed by atoms with van der Waals surface area (Å²) in [7, 11) is -3.14. The molecule has 1 aromatic heterocycles. The summed E-state index contributed by atoms with van der Waals surface area (Å²) in [5, 5.41) is 10.1. The minimum absolute atomic E-state index is 0.245. The summed E-state index contributed by atoms with van der Waals surface area (Å²) in [4.78, 5) is 8.29. The molecule has 0 aliphatic heterocycles. The van der Waals surface area contributed by atoms with Crippen molar-refractivity contribution in [1.82, 2.24) is 14.3 Å². The molecule has 134 valence electrons. The van der Waals surface area contributed by atoms with E-state index in [1.165, 1.54) is 13.4 Å². The van der Waals surface area contributed by atoms with Crippen LogP contribution < -0.4 is 4.74 Å². The molecule has 0 spiro atoms. The molecule has 0 radical (unpaired) electrons. The molecule has 1 aliphatic rings. The third kappa shape index (κ3) is 4.13. The Bertz CT molecular complexity index is 831. The maximum atomic E-state index is 11.2. The summed E-state index contributed by atoms with van der Waals surface area (Å²) in [6.07, 6.45) is 0.553. The lowest BCUT2D eigenvalue weighted by Gasteiger charge is -2.22. The highest BCUT2D eigenvalue weighted by Crippen LogP contribution is 2.29. The monoisotopic (exact) mass is 365 g/mol. The second kappa shape index (κ2) is 7.04. The summed E-state index contributed by atoms with van der Waals surface area (Å²) in [6, 6.07) is 10.5. The number of hydrogen-bond acceptors (Lipinski definition) is 6. The lowest BCUT2D eigenvalue weighted by atomic mass is 10.1. The third-order valence-corrected chi connectivity index (χ3v) is 5.28. The van der Waals surface area contributed by atoms with Crippen molar-refractivity contribution in [2.45, 2.75) is 31.1 Å². The summed E-state index contributed by atoms with van der Waals surface area (Å²) >= 11 is 0. The van der Waals surface area contributed by atoms with Crippen LogP contribution in [0.3, 0.4) is 0 Å². The van der Waals surface area contributed by atoms with Crippen LogP contribution >= 0.6 is 0 Å². The summed E-state index contributed by atoms with van der Waals surface area (Å²) in [6.45, 7) is 0. The van der Waals surface area contributed by atoms with Crippen LogP contribution in [0.5, 0.6) is 5.88 Å². The predicted molar refractivity (Wildman–Crippen MR) is 90.2 cm³/mol. The van der Waals surface area contributed by atoms with Crippen LogP contribution in [0.1, 0.15) is 12.8 Å². The van der Waals surface area contributed by atoms with Crippen molar-refractivity contribution in [3.8, 4) is 17.1 Å². The van der Waals surface area contributed by atoms with Crippen LogP contribution in [0.4, 0.5) is 0 Å². The van der Waals surface area contributed by atoms with E-state index < -0.39 is 28.6 Å². The zero-order chi connectivity index (χ0) is 18.0. The van der Waals surface area contributed by atoms with E-state index in [0.29, 0.717) is 11.6 Å². The number of benzene rings is 1. The Balaban J connectivity index is 1.72. The van der Waals surface area contributed by atoms with E-state index in [4.69, 9.17) is 9.29 Å². The van der Waals surface area contributed by atoms with E-state index in [-0.39, 0.29) is 12.8 Å². The standard InChI is InChI=1S/C16H19N3O5S/c1-19(25(21,22)23)14-7-12(8-15(14)20)24-16-9-13(17-10-18-16)11-5-3-2-4-6-11/h2-6,9-10,12,14-15,20H,7-8H2,1H3,(H,21,22,23)/t12-,14+,15+/m1/s1. The number of aliphatic hydroxyl groups is 1. The number of rotatable bonds is 5. The van der Waals surface area contributed by atoms with Gasteiger partial charge in [0, 0.05) is 31.5 Å². The molecule has 9 heteroatoms. The maximum Gasteiger partial charge on any atom is 0.335 e. The molecule has 1 aliphatic carbocycles. The molecule has 0 saturated heterocycles. The minimum atomic E-state index is -4.37. The molecule has 8 nitrogen and oxygen atoms in total. The average molecular weight is 365 g/mol. The minimum Gasteiger partial charge on any atom is -0.474 e. The SMILES string of the molecule is CN([C@H]1C[C@@H](Oc2cc(-c3ccccc3)ncn2)C[C@@H]1O)S(=O)(=O)O. The molecule has 25 heavy (non-hydrogen) atoms. The van der Waals surface area contributed by atoms with Crippen molar-refractivity contribution in [2.75, 3.05) is 7.05 Å². The fourth-order valence-corrected chi connectivity index (χ4v) is 3.52. The molecule has 2 aromatic rings. The number of nitrogens with zero attached hydrogens (tertiary/aromatic N) is 3. The van der Waals surface area contributed by atoms with Gasteiger partial charge < -0.3 is 9.84 Å². The van der Waals surface area contributed by atoms with Crippen LogP contribution in [0.25, 0.3) is 11.3 Å². The Labute approximate surface area is 146 Å². The summed E-state index contributed by atoms with van der Waals surface area (Å²) in [5.41, 5.74) is 1.63. The number of aromatic nitrogens is 2. The number of hydrogen-bond donors (Lipinski definition) is 2. The van der Waals surface area contributed by atoms with Gasteiger partial charge in [-0.15, -0.1) is 0 Å². The first-order valence-electron chi connectivity index (χ1n) is 7.77. The van der Waals surface area contributed by atoms with Crippen molar-refractivity contribution in [3.63, 3.8) is 0 Å². The predicted octanol–water partition coefficient (Wildman–Crippen LogP) is 1.15. The third-order valence-electron chi connectivity index (χ3n) is 4.28. The van der Waals surface area contributed by atoms with Crippen molar-refractivity contribution >= 4 is 10.3 Å². The molecule has 0 amide bonds. The first kappa shape index (κ1) is 17.7. The average Bonchev–Trinajstić information content (AvgIpc) is 2.94. The fourth-order valence-electron chi connectivity index (χ4n) is 2.95. The van der Waals surface area contributed by atoms with E-state index in [0.717, 1.165) is 9.87 Å². The highest BCUT2D eigenvalue weighted by atomic mass is 32.2. The van der Waals surface area contributed by atoms with E-state index in [9.17, 15) is 13.5 Å². The highest BCUT2D eigenvalue weighted by Gasteiger charge is 2.40. The summed E-state index contributed by atoms with van der Waals surface area (Å²) < 4.78 is 38.2. The van der Waals surface area contributed by atoms with Gasteiger partial charge >= 0.3 is 10.3 Å². The fraction of sp³-hybridized carbons (Fsp3) is 0.375. The lowest BCUT2D eigenvalue weighted by Crippen LogP contribution is -2.41. The van der Waals surface area contributed by atoms with Crippen molar-refractivity contribution in [1.29, 1.82) is 0 Å². The van der Waals surface area contributed by atoms with Gasteiger partial charge in [-0.1, -0.05) is 30.3 Å². The van der Waals surface area contributed by atoms with E-state index in [2.05, 4.69) is 9.97 Å². The molecular formula is C16H19N3O5S. The van der Waals surface area contributed by atoms with E-state index >= 15 is 0 Å². The Morgan fingerprint density at radius 2 is 1.92 bits per heavy atom. The van der Waals surface area contributed by atoms with Gasteiger partial charge in [0.1, 0.15) is 12.4 Å². The zero-order valence-electron chi connectivity index (χ0n) is 13.6. The molecule has 3 rings (SSSR count). The van der Waals surface area contributed by atoms with Gasteiger partial charge in [0.25, 0.3) is 0 Å². The second-order valence-corrected chi connectivity index (χ2v) is 7.42. The molecule has 3 atom stereocenters. The van der Waals surface area contributed by atoms with Gasteiger partial charge in [-0.2, -0.15) is 12.7 Å². The van der Waals surface area contributed by atoms with Gasteiger partial charge in [-0.3, -0.25) is 4.55 Å². The normalized spacial score (nSPS) is 23.8. The molecule has 2 N–H and O–H groups in total. The van der Waals surface area contributed by atoms with Gasteiger partial charge in [-0.05, 0) is 0 Å². The molecule has 0 bridgehead atoms. The largest absolute Gasteiger partial charge is 0.474 e. The van der Waals surface area contributed by atoms with Gasteiger partial charge in [-0.25, -0.2) is 9.97 Å². The van der Waals surface area contributed by atoms with Gasteiger partial charge in [0.2, 0.25) is 5.88 Å². The van der Waals surface area contributed by atoms with Crippen LogP contribution in [-0.4, -0.2) is 57.6 Å².